The van der Waals surface area contributed by atoms with Crippen LogP contribution in [0.15, 0.2) is 29.4 Å². The maximum Gasteiger partial charge on any atom is 0.186 e. The van der Waals surface area contributed by atoms with Gasteiger partial charge in [-0.15, -0.1) is 11.8 Å². The van der Waals surface area contributed by atoms with Gasteiger partial charge in [-0.1, -0.05) is 6.92 Å². The van der Waals surface area contributed by atoms with Crippen LogP contribution in [0.1, 0.15) is 30.6 Å². The highest BCUT2D eigenvalue weighted by molar-refractivity contribution is 7.99. The van der Waals surface area contributed by atoms with E-state index in [1.54, 1.807) is 17.8 Å². The minimum absolute atomic E-state index is 0.133. The average Bonchev–Trinajstić information content (AvgIpc) is 2.50. The Morgan fingerprint density at radius 2 is 2.19 bits per heavy atom. The summed E-state index contributed by atoms with van der Waals surface area (Å²) >= 11 is 1.69. The van der Waals surface area contributed by atoms with Crippen molar-refractivity contribution in [2.24, 2.45) is 0 Å². The largest absolute Gasteiger partial charge is 0.361 e. The van der Waals surface area contributed by atoms with E-state index in [9.17, 15) is 8.78 Å². The van der Waals surface area contributed by atoms with Gasteiger partial charge in [0.25, 0.3) is 0 Å². The second kappa shape index (κ2) is 5.97. The lowest BCUT2D eigenvalue weighted by Gasteiger charge is -2.26. The molecule has 0 amide bonds. The second-order valence-electron chi connectivity index (χ2n) is 4.85. The summed E-state index contributed by atoms with van der Waals surface area (Å²) in [5.74, 6) is 0.398. The number of nitrogens with one attached hydrogen (secondary N) is 1. The van der Waals surface area contributed by atoms with Crippen molar-refractivity contribution in [1.29, 1.82) is 0 Å². The van der Waals surface area contributed by atoms with Crippen LogP contribution in [-0.2, 0) is 6.42 Å². The van der Waals surface area contributed by atoms with Crippen LogP contribution in [0, 0.1) is 11.6 Å². The van der Waals surface area contributed by atoms with Gasteiger partial charge in [-0.2, -0.15) is 0 Å². The maximum atomic E-state index is 14.2. The van der Waals surface area contributed by atoms with Gasteiger partial charge in [0.1, 0.15) is 12.1 Å². The molecule has 3 rings (SSSR count). The lowest BCUT2D eigenvalue weighted by molar-refractivity contribution is 0.587. The molecule has 2 aromatic rings. The molecule has 0 saturated carbocycles. The van der Waals surface area contributed by atoms with Gasteiger partial charge in [-0.05, 0) is 36.6 Å². The summed E-state index contributed by atoms with van der Waals surface area (Å²) in [6.07, 6.45) is 2.66. The number of benzene rings is 1. The highest BCUT2D eigenvalue weighted by atomic mass is 32.2. The fourth-order valence-corrected chi connectivity index (χ4v) is 3.54. The third kappa shape index (κ3) is 2.85. The van der Waals surface area contributed by atoms with Crippen LogP contribution in [0.5, 0.6) is 0 Å². The van der Waals surface area contributed by atoms with Gasteiger partial charge < -0.3 is 5.32 Å². The topological polar surface area (TPSA) is 37.8 Å². The van der Waals surface area contributed by atoms with Gasteiger partial charge in [0.05, 0.1) is 11.7 Å². The van der Waals surface area contributed by atoms with Gasteiger partial charge in [0.15, 0.2) is 11.6 Å². The van der Waals surface area contributed by atoms with E-state index >= 15 is 0 Å². The fraction of sp³-hybridized carbons (Fsp3) is 0.333. The fourth-order valence-electron chi connectivity index (χ4n) is 2.43. The summed E-state index contributed by atoms with van der Waals surface area (Å²) in [5, 5.41) is 3.10. The van der Waals surface area contributed by atoms with Crippen molar-refractivity contribution < 1.29 is 8.78 Å². The maximum absolute atomic E-state index is 14.2. The molecule has 1 aliphatic heterocycles. The number of aromatic nitrogens is 2. The first kappa shape index (κ1) is 14.3. The predicted molar refractivity (Wildman–Crippen MR) is 79.5 cm³/mol. The molecule has 2 heterocycles. The number of fused-ring (bicyclic) bond motifs is 1. The SMILES string of the molecule is CCc1ncnc(NC2CCSc3ccc(F)cc32)c1F. The molecule has 1 aliphatic rings. The zero-order valence-electron chi connectivity index (χ0n) is 11.6. The molecule has 1 atom stereocenters. The summed E-state index contributed by atoms with van der Waals surface area (Å²) in [6, 6.07) is 4.61. The standard InChI is InChI=1S/C15H15F2N3S/c1-2-11-14(17)15(19-8-18-11)20-12-5-6-21-13-4-3-9(16)7-10(12)13/h3-4,7-8,12H,2,5-6H2,1H3,(H,18,19,20). The van der Waals surface area contributed by atoms with Crippen molar-refractivity contribution in [2.75, 3.05) is 11.1 Å². The summed E-state index contributed by atoms with van der Waals surface area (Å²) in [7, 11) is 0. The number of anilines is 1. The number of halogens is 2. The summed E-state index contributed by atoms with van der Waals surface area (Å²) in [6.45, 7) is 1.84. The average molecular weight is 307 g/mol. The van der Waals surface area contributed by atoms with Crippen molar-refractivity contribution >= 4 is 17.6 Å². The molecular formula is C15H15F2N3S. The van der Waals surface area contributed by atoms with Crippen molar-refractivity contribution in [3.8, 4) is 0 Å². The van der Waals surface area contributed by atoms with Gasteiger partial charge in [0.2, 0.25) is 0 Å². The molecule has 0 bridgehead atoms. The minimum atomic E-state index is -0.420. The van der Waals surface area contributed by atoms with Crippen LogP contribution in [0.25, 0.3) is 0 Å². The van der Waals surface area contributed by atoms with E-state index in [-0.39, 0.29) is 17.7 Å². The molecular weight excluding hydrogens is 292 g/mol. The van der Waals surface area contributed by atoms with E-state index in [0.29, 0.717) is 12.1 Å². The van der Waals surface area contributed by atoms with Crippen LogP contribution in [0.3, 0.4) is 0 Å². The van der Waals surface area contributed by atoms with Gasteiger partial charge in [-0.25, -0.2) is 18.7 Å². The van der Waals surface area contributed by atoms with E-state index in [0.717, 1.165) is 22.6 Å². The summed E-state index contributed by atoms with van der Waals surface area (Å²) < 4.78 is 27.7. The van der Waals surface area contributed by atoms with Crippen LogP contribution in [0.2, 0.25) is 0 Å². The lowest BCUT2D eigenvalue weighted by Crippen LogP contribution is -2.18. The molecule has 0 spiro atoms. The molecule has 6 heteroatoms. The van der Waals surface area contributed by atoms with Crippen molar-refractivity contribution in [3.05, 3.63) is 47.4 Å². The monoisotopic (exact) mass is 307 g/mol. The number of thioether (sulfide) groups is 1. The molecule has 1 aromatic heterocycles. The smallest absolute Gasteiger partial charge is 0.186 e. The van der Waals surface area contributed by atoms with Crippen LogP contribution < -0.4 is 5.32 Å². The molecule has 21 heavy (non-hydrogen) atoms. The van der Waals surface area contributed by atoms with Crippen molar-refractivity contribution in [2.45, 2.75) is 30.7 Å². The number of aryl methyl sites for hydroxylation is 1. The Morgan fingerprint density at radius 1 is 1.33 bits per heavy atom. The van der Waals surface area contributed by atoms with E-state index in [2.05, 4.69) is 15.3 Å². The Bertz CT molecular complexity index is 663. The van der Waals surface area contributed by atoms with Crippen molar-refractivity contribution in [3.63, 3.8) is 0 Å². The van der Waals surface area contributed by atoms with Crippen molar-refractivity contribution in [1.82, 2.24) is 9.97 Å². The minimum Gasteiger partial charge on any atom is -0.361 e. The first-order valence-corrected chi connectivity index (χ1v) is 7.85. The van der Waals surface area contributed by atoms with Gasteiger partial charge in [-0.3, -0.25) is 0 Å². The van der Waals surface area contributed by atoms with Crippen LogP contribution >= 0.6 is 11.8 Å². The molecule has 1 aromatic carbocycles. The number of hydrogen-bond acceptors (Lipinski definition) is 4. The molecule has 0 aliphatic carbocycles. The first-order chi connectivity index (χ1) is 10.2. The molecule has 1 unspecified atom stereocenters. The zero-order chi connectivity index (χ0) is 14.8. The highest BCUT2D eigenvalue weighted by Gasteiger charge is 2.23. The molecule has 110 valence electrons. The van der Waals surface area contributed by atoms with Gasteiger partial charge in [0, 0.05) is 10.6 Å². The molecule has 3 nitrogen and oxygen atoms in total. The van der Waals surface area contributed by atoms with E-state index < -0.39 is 5.82 Å². The Morgan fingerprint density at radius 3 is 3.00 bits per heavy atom. The van der Waals surface area contributed by atoms with E-state index in [1.807, 2.05) is 6.92 Å². The second-order valence-corrected chi connectivity index (χ2v) is 5.99. The first-order valence-electron chi connectivity index (χ1n) is 6.87. The molecule has 0 radical (unpaired) electrons. The molecule has 0 saturated heterocycles. The quantitative estimate of drug-likeness (QED) is 0.931. The third-order valence-electron chi connectivity index (χ3n) is 3.52. The Hall–Kier alpha value is -1.69. The van der Waals surface area contributed by atoms with E-state index in [4.69, 9.17) is 0 Å². The summed E-state index contributed by atoms with van der Waals surface area (Å²) in [4.78, 5) is 8.93. The van der Waals surface area contributed by atoms with Crippen LogP contribution in [-0.4, -0.2) is 15.7 Å². The molecule has 1 N–H and O–H groups in total. The Labute approximate surface area is 126 Å². The van der Waals surface area contributed by atoms with E-state index in [1.165, 1.54) is 18.5 Å². The Balaban J connectivity index is 1.92. The number of nitrogens with zero attached hydrogens (tertiary/aromatic N) is 2. The lowest BCUT2D eigenvalue weighted by atomic mass is 10.0. The number of rotatable bonds is 3. The molecule has 0 fully saturated rings. The highest BCUT2D eigenvalue weighted by Crippen LogP contribution is 2.38. The summed E-state index contributed by atoms with van der Waals surface area (Å²) in [5.41, 5.74) is 1.25. The number of hydrogen-bond donors (Lipinski definition) is 1. The Kier molecular flexibility index (Phi) is 4.05. The third-order valence-corrected chi connectivity index (χ3v) is 4.64. The zero-order valence-corrected chi connectivity index (χ0v) is 12.4. The van der Waals surface area contributed by atoms with Gasteiger partial charge >= 0.3 is 0 Å². The predicted octanol–water partition coefficient (Wildman–Crippen LogP) is 3.97. The van der Waals surface area contributed by atoms with Crippen LogP contribution in [0.4, 0.5) is 14.6 Å². The normalized spacial score (nSPS) is 17.4.